The Morgan fingerprint density at radius 3 is 2.73 bits per heavy atom. The first-order valence-electron chi connectivity index (χ1n) is 3.85. The third-order valence-corrected chi connectivity index (χ3v) is 1.61. The molecule has 0 aromatic rings. The third-order valence-electron chi connectivity index (χ3n) is 1.61. The molecule has 0 bridgehead atoms. The maximum Gasteiger partial charge on any atom is 0.179 e. The lowest BCUT2D eigenvalue weighted by atomic mass is 10.2. The van der Waals surface area contributed by atoms with Gasteiger partial charge >= 0.3 is 0 Å². The highest BCUT2D eigenvalue weighted by molar-refractivity contribution is 5.01. The van der Waals surface area contributed by atoms with Crippen LogP contribution in [0.1, 0.15) is 13.3 Å². The smallest absolute Gasteiger partial charge is 0.179 e. The second-order valence-corrected chi connectivity index (χ2v) is 2.56. The normalized spacial score (nSPS) is 22.2. The zero-order valence-corrected chi connectivity index (χ0v) is 6.75. The van der Waals surface area contributed by atoms with Gasteiger partial charge in [0, 0.05) is 0 Å². The largest absolute Gasteiger partial charge is 0.392 e. The van der Waals surface area contributed by atoms with Crippen LogP contribution < -0.4 is 0 Å². The molecule has 0 aliphatic carbocycles. The van der Waals surface area contributed by atoms with Gasteiger partial charge in [-0.25, -0.2) is 0 Å². The highest BCUT2D eigenvalue weighted by Gasteiger charge is 2.14. The second-order valence-electron chi connectivity index (χ2n) is 2.56. The molecule has 1 fully saturated rings. The van der Waals surface area contributed by atoms with Gasteiger partial charge in [0.25, 0.3) is 0 Å². The van der Waals surface area contributed by atoms with Gasteiger partial charge in [0.15, 0.2) is 6.29 Å². The molecule has 3 heteroatoms. The van der Waals surface area contributed by atoms with E-state index in [2.05, 4.69) is 0 Å². The van der Waals surface area contributed by atoms with Crippen LogP contribution in [0.4, 0.5) is 0 Å². The summed E-state index contributed by atoms with van der Waals surface area (Å²) in [7, 11) is 0. The van der Waals surface area contributed by atoms with Gasteiger partial charge in [0.2, 0.25) is 0 Å². The molecule has 11 heavy (non-hydrogen) atoms. The lowest BCUT2D eigenvalue weighted by Gasteiger charge is -2.23. The van der Waals surface area contributed by atoms with Gasteiger partial charge < -0.3 is 14.6 Å². The monoisotopic (exact) mass is 158 g/mol. The zero-order chi connectivity index (χ0) is 8.10. The van der Waals surface area contributed by atoms with Gasteiger partial charge in [-0.05, 0) is 18.9 Å². The average molecular weight is 158 g/mol. The molecule has 0 saturated carbocycles. The van der Waals surface area contributed by atoms with Crippen molar-refractivity contribution in [3.63, 3.8) is 0 Å². The molecule has 0 spiro atoms. The van der Waals surface area contributed by atoms with Gasteiger partial charge in [-0.15, -0.1) is 0 Å². The Balaban J connectivity index is 2.38. The van der Waals surface area contributed by atoms with Crippen LogP contribution >= 0.6 is 0 Å². The molecule has 1 aliphatic rings. The Morgan fingerprint density at radius 2 is 2.18 bits per heavy atom. The van der Waals surface area contributed by atoms with Crippen LogP contribution in [0.5, 0.6) is 0 Å². The lowest BCUT2D eigenvalue weighted by molar-refractivity contribution is -0.156. The van der Waals surface area contributed by atoms with Crippen LogP contribution in [0.2, 0.25) is 0 Å². The number of hydrogen-bond acceptors (Lipinski definition) is 3. The highest BCUT2D eigenvalue weighted by atomic mass is 16.7. The summed E-state index contributed by atoms with van der Waals surface area (Å²) in [5.74, 6) is 0. The molecule has 1 N–H and O–H groups in total. The van der Waals surface area contributed by atoms with Gasteiger partial charge in [0.05, 0.1) is 19.8 Å². The van der Waals surface area contributed by atoms with E-state index in [-0.39, 0.29) is 12.9 Å². The molecule has 3 nitrogen and oxygen atoms in total. The van der Waals surface area contributed by atoms with Crippen LogP contribution in [0.15, 0.2) is 11.6 Å². The molecular weight excluding hydrogens is 144 g/mol. The van der Waals surface area contributed by atoms with Crippen LogP contribution in [-0.4, -0.2) is 31.2 Å². The Morgan fingerprint density at radius 1 is 1.55 bits per heavy atom. The lowest BCUT2D eigenvalue weighted by Crippen LogP contribution is -2.25. The highest BCUT2D eigenvalue weighted by Crippen LogP contribution is 2.12. The van der Waals surface area contributed by atoms with Crippen molar-refractivity contribution in [2.45, 2.75) is 19.6 Å². The summed E-state index contributed by atoms with van der Waals surface area (Å²) in [6.07, 6.45) is 2.44. The third kappa shape index (κ3) is 2.61. The maximum absolute atomic E-state index is 8.58. The molecule has 1 saturated heterocycles. The van der Waals surface area contributed by atoms with Crippen molar-refractivity contribution in [1.29, 1.82) is 0 Å². The van der Waals surface area contributed by atoms with Crippen molar-refractivity contribution in [2.24, 2.45) is 0 Å². The number of aliphatic hydroxyl groups is 1. The van der Waals surface area contributed by atoms with Crippen molar-refractivity contribution < 1.29 is 14.6 Å². The zero-order valence-electron chi connectivity index (χ0n) is 6.75. The molecule has 0 radical (unpaired) electrons. The summed E-state index contributed by atoms with van der Waals surface area (Å²) in [6.45, 7) is 3.45. The van der Waals surface area contributed by atoms with Crippen molar-refractivity contribution in [3.8, 4) is 0 Å². The summed E-state index contributed by atoms with van der Waals surface area (Å²) < 4.78 is 10.6. The van der Waals surface area contributed by atoms with E-state index in [1.54, 1.807) is 6.08 Å². The Kier molecular flexibility index (Phi) is 3.56. The summed E-state index contributed by atoms with van der Waals surface area (Å²) in [5.41, 5.74) is 0.951. The van der Waals surface area contributed by atoms with E-state index in [9.17, 15) is 0 Å². The molecule has 1 heterocycles. The first kappa shape index (κ1) is 8.71. The molecule has 0 amide bonds. The second kappa shape index (κ2) is 4.49. The molecule has 0 aromatic carbocycles. The minimum atomic E-state index is -0.226. The summed E-state index contributed by atoms with van der Waals surface area (Å²) in [4.78, 5) is 0. The summed E-state index contributed by atoms with van der Waals surface area (Å²) in [5, 5.41) is 8.58. The summed E-state index contributed by atoms with van der Waals surface area (Å²) >= 11 is 0. The standard InChI is InChI=1S/C8H14O3/c1-7(3-4-9)8-10-5-2-6-11-8/h3,8-9H,2,4-6H2,1H3/b7-3+. The van der Waals surface area contributed by atoms with E-state index in [4.69, 9.17) is 14.6 Å². The number of hydrogen-bond donors (Lipinski definition) is 1. The van der Waals surface area contributed by atoms with Crippen LogP contribution in [0.3, 0.4) is 0 Å². The van der Waals surface area contributed by atoms with Crippen LogP contribution in [0.25, 0.3) is 0 Å². The van der Waals surface area contributed by atoms with E-state index in [1.807, 2.05) is 6.92 Å². The van der Waals surface area contributed by atoms with E-state index in [0.29, 0.717) is 0 Å². The van der Waals surface area contributed by atoms with Crippen LogP contribution in [-0.2, 0) is 9.47 Å². The Hall–Kier alpha value is -0.380. The maximum atomic E-state index is 8.58. The molecule has 0 aromatic heterocycles. The minimum Gasteiger partial charge on any atom is -0.392 e. The molecule has 1 rings (SSSR count). The van der Waals surface area contributed by atoms with E-state index >= 15 is 0 Å². The molecular formula is C8H14O3. The molecule has 0 atom stereocenters. The number of aliphatic hydroxyl groups excluding tert-OH is 1. The van der Waals surface area contributed by atoms with Crippen molar-refractivity contribution >= 4 is 0 Å². The van der Waals surface area contributed by atoms with Crippen molar-refractivity contribution in [3.05, 3.63) is 11.6 Å². The topological polar surface area (TPSA) is 38.7 Å². The number of ether oxygens (including phenoxy) is 2. The Labute approximate surface area is 66.6 Å². The summed E-state index contributed by atoms with van der Waals surface area (Å²) in [6, 6.07) is 0. The van der Waals surface area contributed by atoms with Gasteiger partial charge in [-0.3, -0.25) is 0 Å². The average Bonchev–Trinajstić information content (AvgIpc) is 2.07. The fraction of sp³-hybridized carbons (Fsp3) is 0.750. The minimum absolute atomic E-state index is 0.0506. The Bertz CT molecular complexity index is 136. The van der Waals surface area contributed by atoms with Gasteiger partial charge in [-0.1, -0.05) is 6.08 Å². The van der Waals surface area contributed by atoms with E-state index in [0.717, 1.165) is 25.2 Å². The van der Waals surface area contributed by atoms with Gasteiger partial charge in [0.1, 0.15) is 0 Å². The van der Waals surface area contributed by atoms with Crippen LogP contribution in [0, 0.1) is 0 Å². The van der Waals surface area contributed by atoms with E-state index < -0.39 is 0 Å². The van der Waals surface area contributed by atoms with E-state index in [1.165, 1.54) is 0 Å². The molecule has 64 valence electrons. The SMILES string of the molecule is C/C(=C\CO)C1OCCCO1. The van der Waals surface area contributed by atoms with Gasteiger partial charge in [-0.2, -0.15) is 0 Å². The predicted octanol–water partition coefficient (Wildman–Crippen LogP) is 0.688. The quantitative estimate of drug-likeness (QED) is 0.601. The first-order chi connectivity index (χ1) is 5.34. The fourth-order valence-electron chi connectivity index (χ4n) is 0.991. The van der Waals surface area contributed by atoms with Crippen molar-refractivity contribution in [1.82, 2.24) is 0 Å². The molecule has 1 aliphatic heterocycles. The first-order valence-corrected chi connectivity index (χ1v) is 3.85. The predicted molar refractivity (Wildman–Crippen MR) is 41.2 cm³/mol. The van der Waals surface area contributed by atoms with Crippen molar-refractivity contribution in [2.75, 3.05) is 19.8 Å². The number of rotatable bonds is 2. The molecule has 0 unspecified atom stereocenters. The fourth-order valence-corrected chi connectivity index (χ4v) is 0.991.